The molecule has 2 aromatic rings. The number of unbranched alkanes of at least 4 members (excludes halogenated alkanes) is 9. The molecule has 0 radical (unpaired) electrons. The van der Waals surface area contributed by atoms with Crippen molar-refractivity contribution < 1.29 is 9.84 Å². The fraction of sp³-hybridized carbons (Fsp3) is 0.462. The van der Waals surface area contributed by atoms with Crippen molar-refractivity contribution in [1.29, 1.82) is 0 Å². The van der Waals surface area contributed by atoms with Crippen LogP contribution in [0.25, 0.3) is 0 Å². The molecule has 2 rings (SSSR count). The van der Waals surface area contributed by atoms with E-state index >= 15 is 0 Å². The summed E-state index contributed by atoms with van der Waals surface area (Å²) >= 11 is 0. The normalized spacial score (nSPS) is 11.5. The number of phenols is 1. The molecule has 0 aliphatic heterocycles. The zero-order valence-electron chi connectivity index (χ0n) is 18.3. The first-order valence-corrected chi connectivity index (χ1v) is 11.4. The summed E-state index contributed by atoms with van der Waals surface area (Å²) in [5.41, 5.74) is 1.60. The summed E-state index contributed by atoms with van der Waals surface area (Å²) in [6.45, 7) is 3.04. The molecule has 0 bridgehead atoms. The van der Waals surface area contributed by atoms with E-state index in [1.165, 1.54) is 64.0 Å². The minimum Gasteiger partial charge on any atom is -0.507 e. The molecule has 0 unspecified atom stereocenters. The summed E-state index contributed by atoms with van der Waals surface area (Å²) in [4.78, 5) is 0. The lowest BCUT2D eigenvalue weighted by atomic mass is 10.1. The third kappa shape index (κ3) is 10.2. The SMILES string of the molecule is CCCCCCCCCCCCOc1ccc(/C=N/N=C/c2ccccc2O)cc1. The van der Waals surface area contributed by atoms with Gasteiger partial charge < -0.3 is 9.84 Å². The van der Waals surface area contributed by atoms with Gasteiger partial charge in [-0.05, 0) is 48.4 Å². The fourth-order valence-corrected chi connectivity index (χ4v) is 3.22. The van der Waals surface area contributed by atoms with Crippen LogP contribution in [0.3, 0.4) is 0 Å². The minimum atomic E-state index is 0.195. The standard InChI is InChI=1S/C26H36N2O2/c1-2-3-4-5-6-7-8-9-10-13-20-30-25-18-16-23(17-19-25)21-27-28-22-24-14-11-12-15-26(24)29/h11-12,14-19,21-22,29H,2-10,13,20H2,1H3/b27-21+,28-22+. The van der Waals surface area contributed by atoms with Crippen molar-refractivity contribution in [2.75, 3.05) is 6.61 Å². The van der Waals surface area contributed by atoms with Crippen LogP contribution in [0.1, 0.15) is 82.3 Å². The van der Waals surface area contributed by atoms with Crippen LogP contribution in [0, 0.1) is 0 Å². The molecule has 0 saturated heterocycles. The highest BCUT2D eigenvalue weighted by Gasteiger charge is 1.97. The van der Waals surface area contributed by atoms with Crippen LogP contribution in [-0.2, 0) is 0 Å². The van der Waals surface area contributed by atoms with Crippen molar-refractivity contribution in [2.45, 2.75) is 71.1 Å². The first-order chi connectivity index (χ1) is 14.8. The van der Waals surface area contributed by atoms with Crippen molar-refractivity contribution >= 4 is 12.4 Å². The van der Waals surface area contributed by atoms with E-state index in [0.29, 0.717) is 5.56 Å². The molecule has 0 fully saturated rings. The average molecular weight is 409 g/mol. The third-order valence-electron chi connectivity index (χ3n) is 5.05. The topological polar surface area (TPSA) is 54.2 Å². The zero-order chi connectivity index (χ0) is 21.3. The quantitative estimate of drug-likeness (QED) is 0.193. The lowest BCUT2D eigenvalue weighted by Gasteiger charge is -2.06. The monoisotopic (exact) mass is 408 g/mol. The van der Waals surface area contributed by atoms with Gasteiger partial charge in [0, 0.05) is 5.56 Å². The number of nitrogens with zero attached hydrogens (tertiary/aromatic N) is 2. The van der Waals surface area contributed by atoms with Gasteiger partial charge in [-0.3, -0.25) is 0 Å². The van der Waals surface area contributed by atoms with E-state index in [1.54, 1.807) is 24.4 Å². The predicted octanol–water partition coefficient (Wildman–Crippen LogP) is 7.14. The summed E-state index contributed by atoms with van der Waals surface area (Å²) in [5.74, 6) is 1.08. The van der Waals surface area contributed by atoms with Gasteiger partial charge in [0.25, 0.3) is 0 Å². The predicted molar refractivity (Wildman–Crippen MR) is 127 cm³/mol. The number of ether oxygens (including phenoxy) is 1. The molecule has 0 aliphatic carbocycles. The second kappa shape index (κ2) is 15.3. The van der Waals surface area contributed by atoms with E-state index < -0.39 is 0 Å². The highest BCUT2D eigenvalue weighted by atomic mass is 16.5. The van der Waals surface area contributed by atoms with Crippen LogP contribution in [0.15, 0.2) is 58.7 Å². The van der Waals surface area contributed by atoms with Crippen molar-refractivity contribution in [3.63, 3.8) is 0 Å². The molecule has 162 valence electrons. The Hall–Kier alpha value is -2.62. The largest absolute Gasteiger partial charge is 0.507 e. The molecular weight excluding hydrogens is 372 g/mol. The average Bonchev–Trinajstić information content (AvgIpc) is 2.77. The van der Waals surface area contributed by atoms with Gasteiger partial charge in [0.05, 0.1) is 19.0 Å². The van der Waals surface area contributed by atoms with Gasteiger partial charge in [-0.1, -0.05) is 76.8 Å². The van der Waals surface area contributed by atoms with Gasteiger partial charge in [0.15, 0.2) is 0 Å². The Balaban J connectivity index is 1.56. The van der Waals surface area contributed by atoms with Crippen LogP contribution >= 0.6 is 0 Å². The van der Waals surface area contributed by atoms with E-state index in [-0.39, 0.29) is 5.75 Å². The van der Waals surface area contributed by atoms with Crippen molar-refractivity contribution in [1.82, 2.24) is 0 Å². The summed E-state index contributed by atoms with van der Waals surface area (Å²) in [7, 11) is 0. The molecule has 0 amide bonds. The maximum Gasteiger partial charge on any atom is 0.124 e. The molecule has 0 spiro atoms. The van der Waals surface area contributed by atoms with E-state index in [4.69, 9.17) is 4.74 Å². The molecular formula is C26H36N2O2. The second-order valence-corrected chi connectivity index (χ2v) is 7.65. The fourth-order valence-electron chi connectivity index (χ4n) is 3.22. The van der Waals surface area contributed by atoms with E-state index in [0.717, 1.165) is 24.3 Å². The molecule has 1 N–H and O–H groups in total. The second-order valence-electron chi connectivity index (χ2n) is 7.65. The molecule has 4 heteroatoms. The van der Waals surface area contributed by atoms with Gasteiger partial charge in [-0.25, -0.2) is 0 Å². The molecule has 4 nitrogen and oxygen atoms in total. The van der Waals surface area contributed by atoms with E-state index in [9.17, 15) is 5.11 Å². The lowest BCUT2D eigenvalue weighted by Crippen LogP contribution is -1.97. The van der Waals surface area contributed by atoms with E-state index in [2.05, 4.69) is 17.1 Å². The number of phenolic OH excluding ortho intramolecular Hbond substituents is 1. The molecule has 0 heterocycles. The van der Waals surface area contributed by atoms with Gasteiger partial charge >= 0.3 is 0 Å². The number of rotatable bonds is 15. The van der Waals surface area contributed by atoms with Crippen molar-refractivity contribution in [3.05, 3.63) is 59.7 Å². The molecule has 0 saturated carbocycles. The molecule has 30 heavy (non-hydrogen) atoms. The number of benzene rings is 2. The third-order valence-corrected chi connectivity index (χ3v) is 5.05. The van der Waals surface area contributed by atoms with Crippen LogP contribution < -0.4 is 4.74 Å². The number of para-hydroxylation sites is 1. The van der Waals surface area contributed by atoms with Crippen molar-refractivity contribution in [3.8, 4) is 11.5 Å². The zero-order valence-corrected chi connectivity index (χ0v) is 18.3. The lowest BCUT2D eigenvalue weighted by molar-refractivity contribution is 0.304. The molecule has 2 aromatic carbocycles. The Bertz CT molecular complexity index is 754. The van der Waals surface area contributed by atoms with Crippen LogP contribution in [0.5, 0.6) is 11.5 Å². The number of hydrogen-bond acceptors (Lipinski definition) is 4. The summed E-state index contributed by atoms with van der Waals surface area (Å²) in [6.07, 6.45) is 16.5. The highest BCUT2D eigenvalue weighted by Crippen LogP contribution is 2.14. The Morgan fingerprint density at radius 2 is 1.33 bits per heavy atom. The Labute approximate surface area is 181 Å². The van der Waals surface area contributed by atoms with Gasteiger partial charge in [-0.2, -0.15) is 10.2 Å². The summed E-state index contributed by atoms with van der Waals surface area (Å²) in [6, 6.07) is 14.9. The molecule has 0 atom stereocenters. The molecule has 0 aliphatic rings. The maximum absolute atomic E-state index is 9.68. The van der Waals surface area contributed by atoms with Crippen LogP contribution in [0.2, 0.25) is 0 Å². The Morgan fingerprint density at radius 3 is 2.00 bits per heavy atom. The Kier molecular flexibility index (Phi) is 12.0. The van der Waals surface area contributed by atoms with Gasteiger partial charge in [0.2, 0.25) is 0 Å². The Morgan fingerprint density at radius 1 is 0.733 bits per heavy atom. The van der Waals surface area contributed by atoms with Gasteiger partial charge in [0.1, 0.15) is 11.5 Å². The van der Waals surface area contributed by atoms with Crippen LogP contribution in [-0.4, -0.2) is 24.1 Å². The number of aromatic hydroxyl groups is 1. The highest BCUT2D eigenvalue weighted by molar-refractivity contribution is 5.84. The van der Waals surface area contributed by atoms with Gasteiger partial charge in [-0.15, -0.1) is 0 Å². The smallest absolute Gasteiger partial charge is 0.124 e. The van der Waals surface area contributed by atoms with Crippen LogP contribution in [0.4, 0.5) is 0 Å². The molecule has 0 aromatic heterocycles. The van der Waals surface area contributed by atoms with E-state index in [1.807, 2.05) is 30.3 Å². The minimum absolute atomic E-state index is 0.195. The summed E-state index contributed by atoms with van der Waals surface area (Å²) < 4.78 is 5.83. The first-order valence-electron chi connectivity index (χ1n) is 11.4. The number of hydrogen-bond donors (Lipinski definition) is 1. The van der Waals surface area contributed by atoms with Crippen molar-refractivity contribution in [2.24, 2.45) is 10.2 Å². The summed E-state index contributed by atoms with van der Waals surface area (Å²) in [5, 5.41) is 17.7. The maximum atomic E-state index is 9.68. The first kappa shape index (κ1) is 23.7.